The number of nitrogens with zero attached hydrogens (tertiary/aromatic N) is 3. The first-order chi connectivity index (χ1) is 18.0. The predicted octanol–water partition coefficient (Wildman–Crippen LogP) is 3.90. The summed E-state index contributed by atoms with van der Waals surface area (Å²) in [4.78, 5) is 4.29. The Morgan fingerprint density at radius 2 is 1.89 bits per heavy atom. The van der Waals surface area contributed by atoms with Gasteiger partial charge in [-0.15, -0.1) is 0 Å². The number of methoxy groups -OCH3 is 1. The Hall–Kier alpha value is -2.98. The van der Waals surface area contributed by atoms with Crippen LogP contribution in [0.2, 0.25) is 0 Å². The topological polar surface area (TPSA) is 80.4 Å². The van der Waals surface area contributed by atoms with Crippen LogP contribution in [-0.4, -0.2) is 81.0 Å². The monoisotopic (exact) mass is 513 g/mol. The van der Waals surface area contributed by atoms with Gasteiger partial charge in [0.05, 0.1) is 18.8 Å². The standard InChI is InChI=1S/C28H36FN3O5/c1-21-6-3-4-7-26(21)36-20-24(33)18-31(12-5-15-34-2)19-25-27(22-8-10-23(29)11-9-22)30-37-28(25)32-13-16-35-17-14-32/h3-4,6-11,24,33H,5,12-20H2,1-2H3/t24-/m1/s1. The van der Waals surface area contributed by atoms with Crippen molar-refractivity contribution in [3.8, 4) is 17.0 Å². The van der Waals surface area contributed by atoms with Crippen LogP contribution in [0.5, 0.6) is 5.75 Å². The Morgan fingerprint density at radius 1 is 1.14 bits per heavy atom. The van der Waals surface area contributed by atoms with Crippen molar-refractivity contribution < 1.29 is 28.2 Å². The molecule has 8 nitrogen and oxygen atoms in total. The third kappa shape index (κ3) is 7.52. The fraction of sp³-hybridized carbons (Fsp3) is 0.464. The van der Waals surface area contributed by atoms with Gasteiger partial charge >= 0.3 is 0 Å². The van der Waals surface area contributed by atoms with Gasteiger partial charge in [-0.25, -0.2) is 4.39 Å². The van der Waals surface area contributed by atoms with Gasteiger partial charge in [-0.2, -0.15) is 0 Å². The molecule has 1 aliphatic rings. The van der Waals surface area contributed by atoms with E-state index < -0.39 is 6.10 Å². The summed E-state index contributed by atoms with van der Waals surface area (Å²) in [5, 5.41) is 15.3. The van der Waals surface area contributed by atoms with Gasteiger partial charge in [0.1, 0.15) is 30.0 Å². The van der Waals surface area contributed by atoms with Crippen molar-refractivity contribution in [1.29, 1.82) is 0 Å². The number of aliphatic hydroxyl groups excluding tert-OH is 1. The normalized spacial score (nSPS) is 14.8. The summed E-state index contributed by atoms with van der Waals surface area (Å²) in [7, 11) is 1.68. The second kappa shape index (κ2) is 13.5. The molecule has 1 N–H and O–H groups in total. The summed E-state index contributed by atoms with van der Waals surface area (Å²) in [5.74, 6) is 1.14. The van der Waals surface area contributed by atoms with Crippen LogP contribution in [0.1, 0.15) is 17.5 Å². The smallest absolute Gasteiger partial charge is 0.232 e. The highest BCUT2D eigenvalue weighted by molar-refractivity contribution is 5.68. The van der Waals surface area contributed by atoms with Gasteiger partial charge in [0.2, 0.25) is 5.88 Å². The number of aryl methyl sites for hydroxylation is 1. The second-order valence-corrected chi connectivity index (χ2v) is 9.23. The lowest BCUT2D eigenvalue weighted by atomic mass is 10.1. The van der Waals surface area contributed by atoms with E-state index in [1.807, 2.05) is 31.2 Å². The number of aromatic nitrogens is 1. The van der Waals surface area contributed by atoms with E-state index in [2.05, 4.69) is 15.0 Å². The number of halogens is 1. The Labute approximate surface area is 217 Å². The Balaban J connectivity index is 1.54. The fourth-order valence-electron chi connectivity index (χ4n) is 4.44. The van der Waals surface area contributed by atoms with Gasteiger partial charge in [-0.05, 0) is 49.2 Å². The van der Waals surface area contributed by atoms with E-state index in [-0.39, 0.29) is 12.4 Å². The zero-order valence-corrected chi connectivity index (χ0v) is 21.6. The number of hydrogen-bond acceptors (Lipinski definition) is 8. The summed E-state index contributed by atoms with van der Waals surface area (Å²) < 4.78 is 36.2. The number of aliphatic hydroxyl groups is 1. The molecule has 0 radical (unpaired) electrons. The lowest BCUT2D eigenvalue weighted by Crippen LogP contribution is -2.38. The van der Waals surface area contributed by atoms with Crippen molar-refractivity contribution in [3.63, 3.8) is 0 Å². The van der Waals surface area contributed by atoms with Crippen molar-refractivity contribution in [2.45, 2.75) is 26.0 Å². The molecule has 9 heteroatoms. The van der Waals surface area contributed by atoms with Crippen LogP contribution in [-0.2, 0) is 16.0 Å². The fourth-order valence-corrected chi connectivity index (χ4v) is 4.44. The van der Waals surface area contributed by atoms with Gasteiger partial charge in [0, 0.05) is 52.0 Å². The first-order valence-electron chi connectivity index (χ1n) is 12.7. The number of benzene rings is 2. The third-order valence-electron chi connectivity index (χ3n) is 6.38. The minimum Gasteiger partial charge on any atom is -0.491 e. The van der Waals surface area contributed by atoms with Gasteiger partial charge in [0.25, 0.3) is 0 Å². The van der Waals surface area contributed by atoms with Crippen molar-refractivity contribution >= 4 is 5.88 Å². The molecule has 4 rings (SSSR count). The van der Waals surface area contributed by atoms with Crippen LogP contribution in [0.3, 0.4) is 0 Å². The molecule has 1 saturated heterocycles. The third-order valence-corrected chi connectivity index (χ3v) is 6.38. The largest absolute Gasteiger partial charge is 0.491 e. The molecule has 0 amide bonds. The summed E-state index contributed by atoms with van der Waals surface area (Å²) in [6.07, 6.45) is 0.0921. The van der Waals surface area contributed by atoms with Gasteiger partial charge in [0.15, 0.2) is 0 Å². The highest BCUT2D eigenvalue weighted by Gasteiger charge is 2.26. The molecule has 1 aliphatic heterocycles. The van der Waals surface area contributed by atoms with Crippen LogP contribution in [0, 0.1) is 12.7 Å². The lowest BCUT2D eigenvalue weighted by Gasteiger charge is -2.29. The highest BCUT2D eigenvalue weighted by Crippen LogP contribution is 2.33. The van der Waals surface area contributed by atoms with E-state index in [1.54, 1.807) is 19.2 Å². The maximum Gasteiger partial charge on any atom is 0.232 e. The molecule has 0 unspecified atom stereocenters. The minimum atomic E-state index is -0.705. The molecule has 3 aromatic rings. The summed E-state index contributed by atoms with van der Waals surface area (Å²) >= 11 is 0. The molecular formula is C28H36FN3O5. The molecule has 1 atom stereocenters. The zero-order valence-electron chi connectivity index (χ0n) is 21.6. The van der Waals surface area contributed by atoms with Gasteiger partial charge < -0.3 is 28.7 Å². The molecule has 2 aromatic carbocycles. The Morgan fingerprint density at radius 3 is 2.62 bits per heavy atom. The Kier molecular flexibility index (Phi) is 9.90. The molecular weight excluding hydrogens is 477 g/mol. The van der Waals surface area contributed by atoms with Crippen LogP contribution in [0.15, 0.2) is 53.1 Å². The quantitative estimate of drug-likeness (QED) is 0.345. The van der Waals surface area contributed by atoms with E-state index in [1.165, 1.54) is 12.1 Å². The average molecular weight is 514 g/mol. The number of rotatable bonds is 13. The van der Waals surface area contributed by atoms with Gasteiger partial charge in [-0.3, -0.25) is 4.90 Å². The molecule has 0 bridgehead atoms. The van der Waals surface area contributed by atoms with E-state index in [4.69, 9.17) is 18.7 Å². The number of para-hydroxylation sites is 1. The summed E-state index contributed by atoms with van der Waals surface area (Å²) in [5.41, 5.74) is 3.37. The summed E-state index contributed by atoms with van der Waals surface area (Å²) in [6, 6.07) is 14.0. The van der Waals surface area contributed by atoms with Crippen LogP contribution < -0.4 is 9.64 Å². The Bertz CT molecular complexity index is 1100. The zero-order chi connectivity index (χ0) is 26.0. The van der Waals surface area contributed by atoms with E-state index in [0.717, 1.165) is 28.9 Å². The maximum atomic E-state index is 13.6. The molecule has 0 spiro atoms. The maximum absolute atomic E-state index is 13.6. The van der Waals surface area contributed by atoms with E-state index in [9.17, 15) is 9.50 Å². The number of ether oxygens (including phenoxy) is 3. The minimum absolute atomic E-state index is 0.177. The molecule has 2 heterocycles. The van der Waals surface area contributed by atoms with Crippen LogP contribution in [0.25, 0.3) is 11.3 Å². The molecule has 0 aliphatic carbocycles. The van der Waals surface area contributed by atoms with E-state index >= 15 is 0 Å². The number of anilines is 1. The molecule has 37 heavy (non-hydrogen) atoms. The first-order valence-corrected chi connectivity index (χ1v) is 12.7. The molecule has 1 aromatic heterocycles. The van der Waals surface area contributed by atoms with Gasteiger partial charge in [-0.1, -0.05) is 23.4 Å². The molecule has 0 saturated carbocycles. The molecule has 1 fully saturated rings. The van der Waals surface area contributed by atoms with Crippen molar-refractivity contribution in [3.05, 3.63) is 65.5 Å². The summed E-state index contributed by atoms with van der Waals surface area (Å²) in [6.45, 7) is 6.97. The van der Waals surface area contributed by atoms with Crippen molar-refractivity contribution in [1.82, 2.24) is 10.1 Å². The lowest BCUT2D eigenvalue weighted by molar-refractivity contribution is 0.0615. The average Bonchev–Trinajstić information content (AvgIpc) is 3.32. The SMILES string of the molecule is COCCCN(Cc1c(-c2ccc(F)cc2)noc1N1CCOCC1)C[C@@H](O)COc1ccccc1C. The predicted molar refractivity (Wildman–Crippen MR) is 139 cm³/mol. The van der Waals surface area contributed by atoms with E-state index in [0.29, 0.717) is 64.1 Å². The van der Waals surface area contributed by atoms with Crippen molar-refractivity contribution in [2.24, 2.45) is 0 Å². The highest BCUT2D eigenvalue weighted by atomic mass is 19.1. The number of morpholine rings is 1. The second-order valence-electron chi connectivity index (χ2n) is 9.23. The van der Waals surface area contributed by atoms with Crippen LogP contribution >= 0.6 is 0 Å². The molecule has 200 valence electrons. The van der Waals surface area contributed by atoms with Crippen LogP contribution in [0.4, 0.5) is 10.3 Å². The van der Waals surface area contributed by atoms with Crippen molar-refractivity contribution in [2.75, 3.05) is 64.6 Å². The first kappa shape index (κ1) is 27.1. The number of hydrogen-bond donors (Lipinski definition) is 1.